The van der Waals surface area contributed by atoms with Crippen molar-refractivity contribution in [3.05, 3.63) is 34.6 Å². The summed E-state index contributed by atoms with van der Waals surface area (Å²) in [4.78, 5) is 2.15. The molecule has 19 heavy (non-hydrogen) atoms. The lowest BCUT2D eigenvalue weighted by Gasteiger charge is -2.13. The Hall–Kier alpha value is -1.40. The number of aromatic amines is 1. The highest BCUT2D eigenvalue weighted by Gasteiger charge is 2.21. The smallest absolute Gasteiger partial charge is 0.151 e. The second-order valence-corrected chi connectivity index (χ2v) is 5.61. The number of aromatic nitrogens is 2. The minimum absolute atomic E-state index is 0.220. The number of anilines is 1. The lowest BCUT2D eigenvalue weighted by molar-refractivity contribution is 0.627. The summed E-state index contributed by atoms with van der Waals surface area (Å²) < 4.78 is 13.8. The largest absolute Gasteiger partial charge is 0.354 e. The third-order valence-electron chi connectivity index (χ3n) is 3.33. The Labute approximate surface area is 118 Å². The first-order chi connectivity index (χ1) is 9.13. The van der Waals surface area contributed by atoms with Crippen LogP contribution in [0.1, 0.15) is 6.42 Å². The van der Waals surface area contributed by atoms with Crippen molar-refractivity contribution >= 4 is 21.7 Å². The number of rotatable bonds is 2. The number of nitrogens with one attached hydrogen (secondary N) is 1. The Balaban J connectivity index is 1.88. The molecule has 1 aliphatic heterocycles. The molecule has 6 heteroatoms. The summed E-state index contributed by atoms with van der Waals surface area (Å²) in [5.41, 5.74) is 7.65. The molecule has 0 saturated carbocycles. The molecule has 1 atom stereocenters. The Bertz CT molecular complexity index is 598. The van der Waals surface area contributed by atoms with Gasteiger partial charge in [0.25, 0.3) is 0 Å². The van der Waals surface area contributed by atoms with Gasteiger partial charge in [0.15, 0.2) is 5.82 Å². The maximum absolute atomic E-state index is 13.1. The van der Waals surface area contributed by atoms with Crippen LogP contribution in [0.5, 0.6) is 0 Å². The first-order valence-corrected chi connectivity index (χ1v) is 6.94. The summed E-state index contributed by atoms with van der Waals surface area (Å²) in [6.45, 7) is 1.75. The fraction of sp³-hybridized carbons (Fsp3) is 0.308. The van der Waals surface area contributed by atoms with E-state index in [4.69, 9.17) is 5.73 Å². The highest BCUT2D eigenvalue weighted by molar-refractivity contribution is 9.10. The monoisotopic (exact) mass is 324 g/mol. The molecule has 0 amide bonds. The summed E-state index contributed by atoms with van der Waals surface area (Å²) in [6, 6.07) is 6.80. The van der Waals surface area contributed by atoms with E-state index in [1.165, 1.54) is 12.1 Å². The molecule has 1 unspecified atom stereocenters. The van der Waals surface area contributed by atoms with Crippen molar-refractivity contribution in [2.75, 3.05) is 18.0 Å². The van der Waals surface area contributed by atoms with Crippen LogP contribution in [0.15, 0.2) is 28.7 Å². The zero-order valence-electron chi connectivity index (χ0n) is 10.2. The summed E-state index contributed by atoms with van der Waals surface area (Å²) in [5.74, 6) is 0.625. The fourth-order valence-electron chi connectivity index (χ4n) is 2.31. The number of H-pyrrole nitrogens is 1. The molecule has 4 nitrogen and oxygen atoms in total. The summed E-state index contributed by atoms with van der Waals surface area (Å²) >= 11 is 3.36. The number of nitrogens with two attached hydrogens (primary N) is 1. The Morgan fingerprint density at radius 1 is 1.42 bits per heavy atom. The van der Waals surface area contributed by atoms with E-state index in [-0.39, 0.29) is 11.9 Å². The molecule has 1 aliphatic rings. The predicted molar refractivity (Wildman–Crippen MR) is 76.5 cm³/mol. The van der Waals surface area contributed by atoms with Gasteiger partial charge in [0.2, 0.25) is 0 Å². The maximum atomic E-state index is 13.1. The second kappa shape index (κ2) is 4.94. The van der Waals surface area contributed by atoms with Crippen molar-refractivity contribution in [2.24, 2.45) is 5.73 Å². The molecule has 0 radical (unpaired) electrons. The van der Waals surface area contributed by atoms with E-state index in [0.717, 1.165) is 36.6 Å². The molecule has 1 aromatic carbocycles. The van der Waals surface area contributed by atoms with E-state index in [9.17, 15) is 4.39 Å². The number of nitrogens with zero attached hydrogens (tertiary/aromatic N) is 2. The van der Waals surface area contributed by atoms with E-state index in [0.29, 0.717) is 4.47 Å². The van der Waals surface area contributed by atoms with Gasteiger partial charge in [-0.2, -0.15) is 5.10 Å². The number of halogens is 2. The van der Waals surface area contributed by atoms with Crippen molar-refractivity contribution in [2.45, 2.75) is 12.5 Å². The van der Waals surface area contributed by atoms with Crippen LogP contribution < -0.4 is 10.6 Å². The van der Waals surface area contributed by atoms with Crippen LogP contribution in [0.3, 0.4) is 0 Å². The highest BCUT2D eigenvalue weighted by Crippen LogP contribution is 2.30. The van der Waals surface area contributed by atoms with Crippen LogP contribution in [0.25, 0.3) is 11.3 Å². The molecule has 0 spiro atoms. The number of benzene rings is 1. The third kappa shape index (κ3) is 2.50. The molecule has 1 saturated heterocycles. The first kappa shape index (κ1) is 12.6. The zero-order chi connectivity index (χ0) is 13.4. The Kier molecular flexibility index (Phi) is 3.28. The van der Waals surface area contributed by atoms with E-state index in [1.807, 2.05) is 6.07 Å². The lowest BCUT2D eigenvalue weighted by atomic mass is 10.1. The van der Waals surface area contributed by atoms with Gasteiger partial charge in [-0.05, 0) is 40.5 Å². The Morgan fingerprint density at radius 3 is 2.95 bits per heavy atom. The standard InChI is InChI=1S/C13H14BrFN4/c14-11-5-8(15)1-2-10(11)12-6-13(18-17-12)19-4-3-9(16)7-19/h1-2,5-6,9H,3-4,7,16H2,(H,17,18). The van der Waals surface area contributed by atoms with Gasteiger partial charge in [-0.3, -0.25) is 5.10 Å². The second-order valence-electron chi connectivity index (χ2n) is 4.76. The highest BCUT2D eigenvalue weighted by atomic mass is 79.9. The molecule has 2 aromatic rings. The van der Waals surface area contributed by atoms with E-state index < -0.39 is 0 Å². The zero-order valence-corrected chi connectivity index (χ0v) is 11.8. The molecular formula is C13H14BrFN4. The molecular weight excluding hydrogens is 311 g/mol. The van der Waals surface area contributed by atoms with Gasteiger partial charge >= 0.3 is 0 Å². The van der Waals surface area contributed by atoms with E-state index in [2.05, 4.69) is 31.0 Å². The Morgan fingerprint density at radius 2 is 2.26 bits per heavy atom. The van der Waals surface area contributed by atoms with Gasteiger partial charge in [0.1, 0.15) is 5.82 Å². The summed E-state index contributed by atoms with van der Waals surface area (Å²) in [5, 5.41) is 7.29. The number of hydrogen-bond acceptors (Lipinski definition) is 3. The molecule has 1 fully saturated rings. The molecule has 3 rings (SSSR count). The SMILES string of the molecule is NC1CCN(c2cc(-c3ccc(F)cc3Br)[nH]n2)C1. The molecule has 3 N–H and O–H groups in total. The molecule has 0 aliphatic carbocycles. The fourth-order valence-corrected chi connectivity index (χ4v) is 2.88. The number of hydrogen-bond donors (Lipinski definition) is 2. The van der Waals surface area contributed by atoms with Crippen molar-refractivity contribution in [3.8, 4) is 11.3 Å². The topological polar surface area (TPSA) is 57.9 Å². The van der Waals surface area contributed by atoms with Crippen LogP contribution in [0, 0.1) is 5.82 Å². The van der Waals surface area contributed by atoms with Crippen molar-refractivity contribution in [1.82, 2.24) is 10.2 Å². The van der Waals surface area contributed by atoms with Gasteiger partial charge in [-0.25, -0.2) is 4.39 Å². The minimum Gasteiger partial charge on any atom is -0.354 e. The van der Waals surface area contributed by atoms with Gasteiger partial charge in [0, 0.05) is 35.2 Å². The average Bonchev–Trinajstić information content (AvgIpc) is 2.97. The molecule has 1 aromatic heterocycles. The van der Waals surface area contributed by atoms with Crippen molar-refractivity contribution in [1.29, 1.82) is 0 Å². The van der Waals surface area contributed by atoms with Gasteiger partial charge < -0.3 is 10.6 Å². The van der Waals surface area contributed by atoms with Crippen LogP contribution in [0.2, 0.25) is 0 Å². The van der Waals surface area contributed by atoms with Crippen molar-refractivity contribution in [3.63, 3.8) is 0 Å². The molecule has 2 heterocycles. The van der Waals surface area contributed by atoms with Crippen LogP contribution in [-0.4, -0.2) is 29.3 Å². The lowest BCUT2D eigenvalue weighted by Crippen LogP contribution is -2.26. The van der Waals surface area contributed by atoms with Gasteiger partial charge in [-0.15, -0.1) is 0 Å². The summed E-state index contributed by atoms with van der Waals surface area (Å²) in [6.07, 6.45) is 0.989. The van der Waals surface area contributed by atoms with Gasteiger partial charge in [0.05, 0.1) is 5.69 Å². The van der Waals surface area contributed by atoms with Crippen molar-refractivity contribution < 1.29 is 4.39 Å². The molecule has 0 bridgehead atoms. The third-order valence-corrected chi connectivity index (χ3v) is 3.99. The molecule has 100 valence electrons. The normalized spacial score (nSPS) is 19.1. The predicted octanol–water partition coefficient (Wildman–Crippen LogP) is 2.52. The van der Waals surface area contributed by atoms with Crippen LogP contribution in [-0.2, 0) is 0 Å². The maximum Gasteiger partial charge on any atom is 0.151 e. The minimum atomic E-state index is -0.263. The first-order valence-electron chi connectivity index (χ1n) is 6.15. The summed E-state index contributed by atoms with van der Waals surface area (Å²) in [7, 11) is 0. The van der Waals surface area contributed by atoms with E-state index in [1.54, 1.807) is 6.07 Å². The van der Waals surface area contributed by atoms with Crippen LogP contribution >= 0.6 is 15.9 Å². The van der Waals surface area contributed by atoms with E-state index >= 15 is 0 Å². The van der Waals surface area contributed by atoms with Crippen LogP contribution in [0.4, 0.5) is 10.2 Å². The quantitative estimate of drug-likeness (QED) is 0.892. The van der Waals surface area contributed by atoms with Gasteiger partial charge in [-0.1, -0.05) is 0 Å². The average molecular weight is 325 g/mol.